The topological polar surface area (TPSA) is 56.6 Å². The Morgan fingerprint density at radius 2 is 2.00 bits per heavy atom. The lowest BCUT2D eigenvalue weighted by molar-refractivity contribution is 0.0672. The van der Waals surface area contributed by atoms with Gasteiger partial charge in [-0.25, -0.2) is 0 Å². The molecule has 1 aliphatic rings. The number of carbonyl (C=O) groups is 1. The van der Waals surface area contributed by atoms with Gasteiger partial charge in [0.2, 0.25) is 0 Å². The highest BCUT2D eigenvalue weighted by molar-refractivity contribution is 5.95. The summed E-state index contributed by atoms with van der Waals surface area (Å²) in [6, 6.07) is 15.6. The number of ether oxygens (including phenoxy) is 2. The van der Waals surface area contributed by atoms with Crippen molar-refractivity contribution >= 4 is 5.91 Å². The van der Waals surface area contributed by atoms with Crippen LogP contribution in [0.15, 0.2) is 60.9 Å². The van der Waals surface area contributed by atoms with Gasteiger partial charge in [0.1, 0.15) is 6.61 Å². The van der Waals surface area contributed by atoms with Crippen molar-refractivity contribution in [3.63, 3.8) is 0 Å². The summed E-state index contributed by atoms with van der Waals surface area (Å²) in [5.41, 5.74) is 2.82. The average Bonchev–Trinajstić information content (AvgIpc) is 3.24. The fourth-order valence-electron chi connectivity index (χ4n) is 3.83. The predicted molar refractivity (Wildman–Crippen MR) is 115 cm³/mol. The van der Waals surface area contributed by atoms with E-state index in [1.54, 1.807) is 13.2 Å². The minimum Gasteiger partial charge on any atom is -0.493 e. The second-order valence-corrected chi connectivity index (χ2v) is 7.68. The Balaban J connectivity index is 1.45. The van der Waals surface area contributed by atoms with Crippen LogP contribution in [0.4, 0.5) is 0 Å². The molecule has 6 heteroatoms. The number of carbonyl (C=O) groups excluding carboxylic acids is 1. The van der Waals surface area contributed by atoms with Crippen molar-refractivity contribution in [3.05, 3.63) is 77.6 Å². The Kier molecular flexibility index (Phi) is 6.02. The molecule has 2 heterocycles. The number of amides is 1. The van der Waals surface area contributed by atoms with Crippen molar-refractivity contribution in [1.29, 1.82) is 0 Å². The predicted octanol–water partition coefficient (Wildman–Crippen LogP) is 4.26. The summed E-state index contributed by atoms with van der Waals surface area (Å²) in [6.45, 7) is 3.89. The van der Waals surface area contributed by atoms with Crippen molar-refractivity contribution in [2.24, 2.45) is 0 Å². The van der Waals surface area contributed by atoms with Gasteiger partial charge >= 0.3 is 0 Å². The fourth-order valence-corrected chi connectivity index (χ4v) is 3.83. The molecule has 1 aliphatic heterocycles. The van der Waals surface area contributed by atoms with Crippen molar-refractivity contribution in [3.8, 4) is 11.5 Å². The van der Waals surface area contributed by atoms with Gasteiger partial charge in [-0.2, -0.15) is 5.10 Å². The first-order valence-corrected chi connectivity index (χ1v) is 10.3. The first-order valence-electron chi connectivity index (χ1n) is 10.3. The molecule has 1 saturated heterocycles. The van der Waals surface area contributed by atoms with E-state index in [4.69, 9.17) is 9.47 Å². The van der Waals surface area contributed by atoms with E-state index in [1.165, 1.54) is 0 Å². The largest absolute Gasteiger partial charge is 0.493 e. The van der Waals surface area contributed by atoms with E-state index >= 15 is 0 Å². The lowest BCUT2D eigenvalue weighted by Crippen LogP contribution is -2.40. The van der Waals surface area contributed by atoms with Crippen LogP contribution in [0.25, 0.3) is 0 Å². The molecule has 1 aromatic heterocycles. The minimum absolute atomic E-state index is 0.0106. The lowest BCUT2D eigenvalue weighted by atomic mass is 10.0. The Morgan fingerprint density at radius 1 is 1.17 bits per heavy atom. The van der Waals surface area contributed by atoms with Gasteiger partial charge in [0, 0.05) is 24.8 Å². The van der Waals surface area contributed by atoms with Gasteiger partial charge in [0.15, 0.2) is 11.5 Å². The van der Waals surface area contributed by atoms with Gasteiger partial charge in [-0.3, -0.25) is 9.48 Å². The number of nitrogens with zero attached hydrogens (tertiary/aromatic N) is 3. The van der Waals surface area contributed by atoms with E-state index in [-0.39, 0.29) is 11.9 Å². The van der Waals surface area contributed by atoms with Gasteiger partial charge < -0.3 is 14.4 Å². The lowest BCUT2D eigenvalue weighted by Gasteiger charge is -2.33. The van der Waals surface area contributed by atoms with Crippen LogP contribution in [0, 0.1) is 6.92 Å². The number of aromatic nitrogens is 2. The molecule has 1 amide bonds. The summed E-state index contributed by atoms with van der Waals surface area (Å²) in [7, 11) is 1.59. The van der Waals surface area contributed by atoms with Crippen LogP contribution in [0.1, 0.15) is 40.4 Å². The van der Waals surface area contributed by atoms with E-state index in [0.29, 0.717) is 30.2 Å². The standard InChI is InChI=1S/C24H27N3O3/c1-18-14-25-27(15-18)21-9-6-12-26(16-21)24(28)20-10-11-22(23(13-20)29-2)30-17-19-7-4-3-5-8-19/h3-5,7-8,10-11,13-15,21H,6,9,12,16-17H2,1-2H3. The molecule has 4 rings (SSSR count). The summed E-state index contributed by atoms with van der Waals surface area (Å²) >= 11 is 0. The van der Waals surface area contributed by atoms with E-state index in [0.717, 1.165) is 30.5 Å². The van der Waals surface area contributed by atoms with Crippen molar-refractivity contribution < 1.29 is 14.3 Å². The van der Waals surface area contributed by atoms with Gasteiger partial charge in [-0.15, -0.1) is 0 Å². The number of hydrogen-bond acceptors (Lipinski definition) is 4. The highest BCUT2D eigenvalue weighted by atomic mass is 16.5. The molecule has 2 aromatic carbocycles. The van der Waals surface area contributed by atoms with E-state index in [9.17, 15) is 4.79 Å². The third-order valence-electron chi connectivity index (χ3n) is 5.44. The van der Waals surface area contributed by atoms with Gasteiger partial charge in [-0.1, -0.05) is 30.3 Å². The maximum atomic E-state index is 13.1. The molecule has 0 bridgehead atoms. The zero-order chi connectivity index (χ0) is 20.9. The second kappa shape index (κ2) is 9.03. The van der Waals surface area contributed by atoms with Gasteiger partial charge in [-0.05, 0) is 49.1 Å². The van der Waals surface area contributed by atoms with Crippen LogP contribution in [0.3, 0.4) is 0 Å². The second-order valence-electron chi connectivity index (χ2n) is 7.68. The van der Waals surface area contributed by atoms with Crippen LogP contribution in [-0.2, 0) is 6.61 Å². The number of piperidine rings is 1. The Labute approximate surface area is 177 Å². The van der Waals surface area contributed by atoms with Crippen LogP contribution < -0.4 is 9.47 Å². The molecule has 1 atom stereocenters. The zero-order valence-electron chi connectivity index (χ0n) is 17.5. The molecule has 0 spiro atoms. The summed E-state index contributed by atoms with van der Waals surface area (Å²) in [5.74, 6) is 1.20. The summed E-state index contributed by atoms with van der Waals surface area (Å²) in [5, 5.41) is 4.43. The molecule has 156 valence electrons. The molecular weight excluding hydrogens is 378 g/mol. The van der Waals surface area contributed by atoms with Crippen LogP contribution in [0.2, 0.25) is 0 Å². The SMILES string of the molecule is COc1cc(C(=O)N2CCCC(n3cc(C)cn3)C2)ccc1OCc1ccccc1. The van der Waals surface area contributed by atoms with Crippen LogP contribution in [0.5, 0.6) is 11.5 Å². The molecule has 1 fully saturated rings. The quantitative estimate of drug-likeness (QED) is 0.615. The normalized spacial score (nSPS) is 16.3. The van der Waals surface area contributed by atoms with E-state index in [2.05, 4.69) is 5.10 Å². The molecule has 1 unspecified atom stereocenters. The Morgan fingerprint density at radius 3 is 2.73 bits per heavy atom. The van der Waals surface area contributed by atoms with Gasteiger partial charge in [0.05, 0.1) is 19.3 Å². The highest BCUT2D eigenvalue weighted by Crippen LogP contribution is 2.30. The molecule has 30 heavy (non-hydrogen) atoms. The van der Waals surface area contributed by atoms with Crippen LogP contribution in [-0.4, -0.2) is 40.8 Å². The molecule has 3 aromatic rings. The number of hydrogen-bond donors (Lipinski definition) is 0. The number of aryl methyl sites for hydroxylation is 1. The van der Waals surface area contributed by atoms with Crippen molar-refractivity contribution in [2.75, 3.05) is 20.2 Å². The molecule has 0 N–H and O–H groups in total. The smallest absolute Gasteiger partial charge is 0.254 e. The maximum absolute atomic E-state index is 13.1. The number of methoxy groups -OCH3 is 1. The first-order chi connectivity index (χ1) is 14.6. The van der Waals surface area contributed by atoms with Crippen molar-refractivity contribution in [1.82, 2.24) is 14.7 Å². The molecular formula is C24H27N3O3. The maximum Gasteiger partial charge on any atom is 0.254 e. The molecule has 6 nitrogen and oxygen atoms in total. The van der Waals surface area contributed by atoms with E-state index in [1.807, 2.05) is 71.4 Å². The third-order valence-corrected chi connectivity index (χ3v) is 5.44. The summed E-state index contributed by atoms with van der Waals surface area (Å²) < 4.78 is 13.4. The van der Waals surface area contributed by atoms with Crippen molar-refractivity contribution in [2.45, 2.75) is 32.4 Å². The number of rotatable bonds is 6. The monoisotopic (exact) mass is 405 g/mol. The summed E-state index contributed by atoms with van der Waals surface area (Å²) in [4.78, 5) is 15.0. The molecule has 0 saturated carbocycles. The third kappa shape index (κ3) is 4.48. The average molecular weight is 405 g/mol. The number of likely N-dealkylation sites (tertiary alicyclic amines) is 1. The summed E-state index contributed by atoms with van der Waals surface area (Å²) in [6.07, 6.45) is 5.89. The Bertz CT molecular complexity index is 1000. The zero-order valence-corrected chi connectivity index (χ0v) is 17.5. The minimum atomic E-state index is 0.0106. The highest BCUT2D eigenvalue weighted by Gasteiger charge is 2.26. The van der Waals surface area contributed by atoms with E-state index < -0.39 is 0 Å². The number of benzene rings is 2. The van der Waals surface area contributed by atoms with Gasteiger partial charge in [0.25, 0.3) is 5.91 Å². The molecule has 0 aliphatic carbocycles. The fraction of sp³-hybridized carbons (Fsp3) is 0.333. The van der Waals surface area contributed by atoms with Crippen LogP contribution >= 0.6 is 0 Å². The molecule has 0 radical (unpaired) electrons. The first kappa shape index (κ1) is 20.0. The Hall–Kier alpha value is -3.28.